The highest BCUT2D eigenvalue weighted by atomic mass is 19.1. The van der Waals surface area contributed by atoms with Gasteiger partial charge in [-0.1, -0.05) is 39.3 Å². The molecule has 6 nitrogen and oxygen atoms in total. The molecule has 0 heterocycles. The summed E-state index contributed by atoms with van der Waals surface area (Å²) in [6.45, 7) is 5.23. The monoisotopic (exact) mass is 338 g/mol. The topological polar surface area (TPSA) is 95.5 Å². The molecule has 0 fully saturated rings. The largest absolute Gasteiger partial charge is 0.480 e. The van der Waals surface area contributed by atoms with Crippen LogP contribution < -0.4 is 10.6 Å². The third-order valence-electron chi connectivity index (χ3n) is 3.55. The van der Waals surface area contributed by atoms with E-state index in [9.17, 15) is 18.8 Å². The molecule has 0 bridgehead atoms. The number of hydrogen-bond acceptors (Lipinski definition) is 3. The molecule has 2 atom stereocenters. The van der Waals surface area contributed by atoms with Crippen LogP contribution in [0.2, 0.25) is 0 Å². The number of carbonyl (C=O) groups is 3. The molecule has 0 aliphatic heterocycles. The lowest BCUT2D eigenvalue weighted by Crippen LogP contribution is -2.53. The molecule has 0 saturated carbocycles. The Morgan fingerprint density at radius 1 is 1.17 bits per heavy atom. The summed E-state index contributed by atoms with van der Waals surface area (Å²) in [5.41, 5.74) is -0.167. The molecular weight excluding hydrogens is 315 g/mol. The molecule has 0 spiro atoms. The van der Waals surface area contributed by atoms with Gasteiger partial charge in [-0.2, -0.15) is 0 Å². The molecular formula is C17H23FN2O4. The van der Waals surface area contributed by atoms with Crippen molar-refractivity contribution in [1.82, 2.24) is 10.6 Å². The van der Waals surface area contributed by atoms with Crippen LogP contribution in [0.1, 0.15) is 44.0 Å². The summed E-state index contributed by atoms with van der Waals surface area (Å²) in [5.74, 6) is -3.43. The molecule has 0 saturated heterocycles. The van der Waals surface area contributed by atoms with E-state index in [-0.39, 0.29) is 17.9 Å². The van der Waals surface area contributed by atoms with E-state index >= 15 is 0 Å². The molecule has 1 rings (SSSR count). The standard InChI is InChI=1S/C17H23FN2O4/c1-4-7-13(17(23)24)19-16(22)14(10(2)3)20-15(21)11-8-5-6-9-12(11)18/h5-6,8-10,13-14H,4,7H2,1-3H3,(H,19,22)(H,20,21)(H,23,24). The second-order valence-electron chi connectivity index (χ2n) is 5.86. The second kappa shape index (κ2) is 9.00. The first-order valence-electron chi connectivity index (χ1n) is 7.86. The number of aliphatic carboxylic acids is 1. The van der Waals surface area contributed by atoms with Crippen LogP contribution in [0.5, 0.6) is 0 Å². The molecule has 3 N–H and O–H groups in total. The predicted molar refractivity (Wildman–Crippen MR) is 87.0 cm³/mol. The van der Waals surface area contributed by atoms with E-state index in [0.717, 1.165) is 6.07 Å². The van der Waals surface area contributed by atoms with Crippen LogP contribution in [0.25, 0.3) is 0 Å². The highest BCUT2D eigenvalue weighted by Gasteiger charge is 2.29. The number of benzene rings is 1. The van der Waals surface area contributed by atoms with Crippen molar-refractivity contribution in [2.45, 2.75) is 45.7 Å². The van der Waals surface area contributed by atoms with Crippen molar-refractivity contribution in [1.29, 1.82) is 0 Å². The van der Waals surface area contributed by atoms with Gasteiger partial charge in [0.25, 0.3) is 5.91 Å². The fourth-order valence-electron chi connectivity index (χ4n) is 2.21. The van der Waals surface area contributed by atoms with E-state index in [0.29, 0.717) is 6.42 Å². The van der Waals surface area contributed by atoms with Gasteiger partial charge in [0.2, 0.25) is 5.91 Å². The van der Waals surface area contributed by atoms with Gasteiger partial charge in [-0.3, -0.25) is 9.59 Å². The summed E-state index contributed by atoms with van der Waals surface area (Å²) in [7, 11) is 0. The van der Waals surface area contributed by atoms with Crippen molar-refractivity contribution in [2.75, 3.05) is 0 Å². The zero-order valence-corrected chi connectivity index (χ0v) is 14.0. The SMILES string of the molecule is CCCC(NC(=O)C(NC(=O)c1ccccc1F)C(C)C)C(=O)O. The van der Waals surface area contributed by atoms with Gasteiger partial charge in [-0.25, -0.2) is 9.18 Å². The Morgan fingerprint density at radius 2 is 1.79 bits per heavy atom. The maximum Gasteiger partial charge on any atom is 0.326 e. The molecule has 1 aromatic carbocycles. The quantitative estimate of drug-likeness (QED) is 0.675. The Hall–Kier alpha value is -2.44. The minimum Gasteiger partial charge on any atom is -0.480 e. The second-order valence-corrected chi connectivity index (χ2v) is 5.86. The van der Waals surface area contributed by atoms with Crippen LogP contribution in [0.3, 0.4) is 0 Å². The van der Waals surface area contributed by atoms with Gasteiger partial charge in [0, 0.05) is 0 Å². The molecule has 0 aliphatic rings. The number of carboxylic acids is 1. The van der Waals surface area contributed by atoms with Gasteiger partial charge in [-0.05, 0) is 24.5 Å². The average molecular weight is 338 g/mol. The Morgan fingerprint density at radius 3 is 2.29 bits per heavy atom. The van der Waals surface area contributed by atoms with E-state index in [2.05, 4.69) is 10.6 Å². The Labute approximate surface area is 140 Å². The molecule has 2 unspecified atom stereocenters. The maximum atomic E-state index is 13.7. The zero-order valence-electron chi connectivity index (χ0n) is 14.0. The first kappa shape index (κ1) is 19.6. The number of amides is 2. The normalized spacial score (nSPS) is 13.2. The summed E-state index contributed by atoms with van der Waals surface area (Å²) in [6, 6.07) is 3.47. The van der Waals surface area contributed by atoms with Gasteiger partial charge in [0.05, 0.1) is 5.56 Å². The third-order valence-corrected chi connectivity index (χ3v) is 3.55. The average Bonchev–Trinajstić information content (AvgIpc) is 2.51. The van der Waals surface area contributed by atoms with Crippen LogP contribution in [0, 0.1) is 11.7 Å². The molecule has 1 aromatic rings. The van der Waals surface area contributed by atoms with Crippen molar-refractivity contribution < 1.29 is 23.9 Å². The summed E-state index contributed by atoms with van der Waals surface area (Å²) < 4.78 is 13.7. The summed E-state index contributed by atoms with van der Waals surface area (Å²) in [6.07, 6.45) is 0.873. The summed E-state index contributed by atoms with van der Waals surface area (Å²) in [5, 5.41) is 14.0. The van der Waals surface area contributed by atoms with Crippen LogP contribution in [-0.2, 0) is 9.59 Å². The molecule has 0 aliphatic carbocycles. The van der Waals surface area contributed by atoms with Gasteiger partial charge >= 0.3 is 5.97 Å². The molecule has 2 amide bonds. The highest BCUT2D eigenvalue weighted by Crippen LogP contribution is 2.09. The van der Waals surface area contributed by atoms with Gasteiger partial charge in [0.15, 0.2) is 0 Å². The first-order chi connectivity index (χ1) is 11.3. The van der Waals surface area contributed by atoms with Crippen LogP contribution in [-0.4, -0.2) is 35.0 Å². The fraction of sp³-hybridized carbons (Fsp3) is 0.471. The zero-order chi connectivity index (χ0) is 18.3. The smallest absolute Gasteiger partial charge is 0.326 e. The lowest BCUT2D eigenvalue weighted by molar-refractivity contribution is -0.142. The number of carboxylic acid groups (broad SMARTS) is 1. The number of nitrogens with one attached hydrogen (secondary N) is 2. The van der Waals surface area contributed by atoms with Crippen molar-refractivity contribution in [3.63, 3.8) is 0 Å². The number of carbonyl (C=O) groups excluding carboxylic acids is 2. The predicted octanol–water partition coefficient (Wildman–Crippen LogP) is 1.95. The van der Waals surface area contributed by atoms with Crippen LogP contribution in [0.4, 0.5) is 4.39 Å². The molecule has 0 radical (unpaired) electrons. The lowest BCUT2D eigenvalue weighted by Gasteiger charge is -2.24. The van der Waals surface area contributed by atoms with E-state index < -0.39 is 35.7 Å². The minimum atomic E-state index is -1.13. The van der Waals surface area contributed by atoms with E-state index in [1.807, 2.05) is 6.92 Å². The van der Waals surface area contributed by atoms with Crippen LogP contribution >= 0.6 is 0 Å². The number of hydrogen-bond donors (Lipinski definition) is 3. The minimum absolute atomic E-state index is 0.167. The maximum absolute atomic E-state index is 13.7. The molecule has 132 valence electrons. The first-order valence-corrected chi connectivity index (χ1v) is 7.86. The van der Waals surface area contributed by atoms with Gasteiger partial charge < -0.3 is 15.7 Å². The fourth-order valence-corrected chi connectivity index (χ4v) is 2.21. The van der Waals surface area contributed by atoms with E-state index in [1.54, 1.807) is 13.8 Å². The van der Waals surface area contributed by atoms with Crippen molar-refractivity contribution in [3.05, 3.63) is 35.6 Å². The van der Waals surface area contributed by atoms with Crippen molar-refractivity contribution >= 4 is 17.8 Å². The molecule has 24 heavy (non-hydrogen) atoms. The number of rotatable bonds is 8. The Balaban J connectivity index is 2.86. The molecule has 0 aromatic heterocycles. The van der Waals surface area contributed by atoms with E-state index in [1.165, 1.54) is 18.2 Å². The lowest BCUT2D eigenvalue weighted by atomic mass is 10.0. The van der Waals surface area contributed by atoms with Gasteiger partial charge in [-0.15, -0.1) is 0 Å². The third kappa shape index (κ3) is 5.33. The van der Waals surface area contributed by atoms with E-state index in [4.69, 9.17) is 5.11 Å². The van der Waals surface area contributed by atoms with Gasteiger partial charge in [0.1, 0.15) is 17.9 Å². The Kier molecular flexibility index (Phi) is 7.35. The van der Waals surface area contributed by atoms with Crippen LogP contribution in [0.15, 0.2) is 24.3 Å². The summed E-state index contributed by atoms with van der Waals surface area (Å²) in [4.78, 5) is 35.7. The number of halogens is 1. The van der Waals surface area contributed by atoms with Crippen molar-refractivity contribution in [2.24, 2.45) is 5.92 Å². The Bertz CT molecular complexity index is 604. The highest BCUT2D eigenvalue weighted by molar-refractivity contribution is 5.98. The molecule has 7 heteroatoms. The van der Waals surface area contributed by atoms with Crippen molar-refractivity contribution in [3.8, 4) is 0 Å². The summed E-state index contributed by atoms with van der Waals surface area (Å²) >= 11 is 0.